The largest absolute Gasteiger partial charge is 0.497 e. The number of aromatic nitrogens is 2. The average molecular weight is 463 g/mol. The van der Waals surface area contributed by atoms with Crippen LogP contribution < -0.4 is 15.8 Å². The summed E-state index contributed by atoms with van der Waals surface area (Å²) in [5.74, 6) is -0.146. The molecule has 0 spiro atoms. The van der Waals surface area contributed by atoms with Crippen LogP contribution in [0.25, 0.3) is 22.0 Å². The molecule has 34 heavy (non-hydrogen) atoms. The van der Waals surface area contributed by atoms with Gasteiger partial charge in [-0.05, 0) is 61.7 Å². The molecule has 3 heterocycles. The first-order valence-corrected chi connectivity index (χ1v) is 11.4. The number of hydrogen-bond donors (Lipinski definition) is 2. The number of nitrogens with one attached hydrogen (secondary N) is 2. The van der Waals surface area contributed by atoms with Crippen molar-refractivity contribution in [2.45, 2.75) is 32.2 Å². The Morgan fingerprint density at radius 1 is 1.09 bits per heavy atom. The minimum absolute atomic E-state index is 0.0816. The Hall–Kier alpha value is -4.01. The molecule has 9 heteroatoms. The highest BCUT2D eigenvalue weighted by Gasteiger charge is 2.20. The lowest BCUT2D eigenvalue weighted by molar-refractivity contribution is -0.132. The summed E-state index contributed by atoms with van der Waals surface area (Å²) in [7, 11) is 1.61. The number of fused-ring (bicyclic) bond motifs is 2. The quantitative estimate of drug-likeness (QED) is 0.457. The van der Waals surface area contributed by atoms with Gasteiger partial charge in [-0.2, -0.15) is 0 Å². The van der Waals surface area contributed by atoms with Gasteiger partial charge in [0.2, 0.25) is 11.8 Å². The van der Waals surface area contributed by atoms with Gasteiger partial charge in [-0.15, -0.1) is 0 Å². The maximum atomic E-state index is 12.7. The van der Waals surface area contributed by atoms with Crippen LogP contribution in [0.2, 0.25) is 0 Å². The minimum atomic E-state index is -0.586. The molecular weight excluding hydrogens is 436 g/mol. The summed E-state index contributed by atoms with van der Waals surface area (Å²) in [6.07, 6.45) is 3.23. The van der Waals surface area contributed by atoms with Gasteiger partial charge in [0, 0.05) is 35.4 Å². The Morgan fingerprint density at radius 3 is 2.71 bits per heavy atom. The molecule has 1 aliphatic heterocycles. The standard InChI is InChI=1S/C25H26N4O5/c1-33-19-6-7-20-16(12-19)11-18(26-20)14-23(30)27-17-5-8-22-21(13-17)29(25(32)34-22)15-24(31)28-9-3-2-4-10-28/h5-8,11-13,26H,2-4,9-10,14-15H2,1H3,(H,27,30). The van der Waals surface area contributed by atoms with E-state index in [0.29, 0.717) is 29.9 Å². The molecule has 0 aliphatic carbocycles. The van der Waals surface area contributed by atoms with Crippen molar-refractivity contribution >= 4 is 39.5 Å². The monoisotopic (exact) mass is 462 g/mol. The fourth-order valence-corrected chi connectivity index (χ4v) is 4.44. The van der Waals surface area contributed by atoms with E-state index < -0.39 is 5.76 Å². The van der Waals surface area contributed by atoms with Crippen molar-refractivity contribution < 1.29 is 18.7 Å². The predicted octanol–water partition coefficient (Wildman–Crippen LogP) is 3.28. The Kier molecular flexibility index (Phi) is 5.83. The van der Waals surface area contributed by atoms with Crippen LogP contribution in [-0.2, 0) is 22.6 Å². The van der Waals surface area contributed by atoms with Crippen molar-refractivity contribution in [2.75, 3.05) is 25.5 Å². The number of hydrogen-bond acceptors (Lipinski definition) is 5. The van der Waals surface area contributed by atoms with Crippen LogP contribution in [0.15, 0.2) is 51.7 Å². The Labute approximate surface area is 195 Å². The second kappa shape index (κ2) is 9.09. The fraction of sp³-hybridized carbons (Fsp3) is 0.320. The van der Waals surface area contributed by atoms with E-state index in [1.54, 1.807) is 30.2 Å². The van der Waals surface area contributed by atoms with Gasteiger partial charge in [0.05, 0.1) is 19.0 Å². The SMILES string of the molecule is COc1ccc2[nH]c(CC(=O)Nc3ccc4oc(=O)n(CC(=O)N5CCCCC5)c4c3)cc2c1. The number of carbonyl (C=O) groups excluding carboxylic acids is 2. The first-order chi connectivity index (χ1) is 16.5. The molecule has 2 aromatic heterocycles. The van der Waals surface area contributed by atoms with Crippen molar-refractivity contribution in [1.29, 1.82) is 0 Å². The topological polar surface area (TPSA) is 110 Å². The number of benzene rings is 2. The second-order valence-electron chi connectivity index (χ2n) is 8.55. The number of H-pyrrole nitrogens is 1. The maximum Gasteiger partial charge on any atom is 0.420 e. The molecule has 2 aromatic carbocycles. The molecule has 176 valence electrons. The van der Waals surface area contributed by atoms with Crippen LogP contribution >= 0.6 is 0 Å². The van der Waals surface area contributed by atoms with Crippen molar-refractivity contribution in [3.8, 4) is 5.75 Å². The van der Waals surface area contributed by atoms with Crippen molar-refractivity contribution in [1.82, 2.24) is 14.5 Å². The van der Waals surface area contributed by atoms with E-state index in [1.807, 2.05) is 24.3 Å². The number of ether oxygens (including phenoxy) is 1. The molecule has 9 nitrogen and oxygen atoms in total. The predicted molar refractivity (Wildman–Crippen MR) is 128 cm³/mol. The molecule has 1 fully saturated rings. The van der Waals surface area contributed by atoms with Gasteiger partial charge in [0.25, 0.3) is 0 Å². The Balaban J connectivity index is 1.31. The summed E-state index contributed by atoms with van der Waals surface area (Å²) in [6.45, 7) is 1.35. The number of methoxy groups -OCH3 is 1. The molecule has 5 rings (SSSR count). The van der Waals surface area contributed by atoms with Gasteiger partial charge in [-0.1, -0.05) is 0 Å². The number of oxazole rings is 1. The van der Waals surface area contributed by atoms with Gasteiger partial charge in [0.15, 0.2) is 5.58 Å². The minimum Gasteiger partial charge on any atom is -0.497 e. The number of aromatic amines is 1. The molecule has 0 unspecified atom stereocenters. The van der Waals surface area contributed by atoms with Crippen LogP contribution in [0.1, 0.15) is 25.0 Å². The van der Waals surface area contributed by atoms with Crippen LogP contribution in [0.4, 0.5) is 5.69 Å². The maximum absolute atomic E-state index is 12.7. The number of amides is 2. The summed E-state index contributed by atoms with van der Waals surface area (Å²) in [4.78, 5) is 42.8. The highest BCUT2D eigenvalue weighted by atomic mass is 16.5. The van der Waals surface area contributed by atoms with E-state index in [4.69, 9.17) is 9.15 Å². The first-order valence-electron chi connectivity index (χ1n) is 11.4. The number of likely N-dealkylation sites (tertiary alicyclic amines) is 1. The molecule has 0 radical (unpaired) electrons. The Bertz CT molecular complexity index is 1420. The van der Waals surface area contributed by atoms with Crippen LogP contribution in [0.5, 0.6) is 5.75 Å². The number of carbonyl (C=O) groups is 2. The third kappa shape index (κ3) is 4.41. The van der Waals surface area contributed by atoms with E-state index in [-0.39, 0.29) is 24.8 Å². The third-order valence-electron chi connectivity index (χ3n) is 6.19. The first kappa shape index (κ1) is 21.8. The lowest BCUT2D eigenvalue weighted by Crippen LogP contribution is -2.39. The highest BCUT2D eigenvalue weighted by molar-refractivity contribution is 5.95. The zero-order valence-electron chi connectivity index (χ0n) is 18.9. The smallest absolute Gasteiger partial charge is 0.420 e. The van der Waals surface area contributed by atoms with E-state index in [0.717, 1.165) is 41.6 Å². The zero-order chi connectivity index (χ0) is 23.7. The zero-order valence-corrected chi connectivity index (χ0v) is 18.9. The normalized spacial score (nSPS) is 14.0. The van der Waals surface area contributed by atoms with Crippen LogP contribution in [0.3, 0.4) is 0 Å². The van der Waals surface area contributed by atoms with E-state index in [9.17, 15) is 14.4 Å². The van der Waals surface area contributed by atoms with Crippen LogP contribution in [-0.4, -0.2) is 46.5 Å². The van der Waals surface area contributed by atoms with Gasteiger partial charge < -0.3 is 24.4 Å². The number of anilines is 1. The summed E-state index contributed by atoms with van der Waals surface area (Å²) in [6, 6.07) is 12.6. The lowest BCUT2D eigenvalue weighted by atomic mass is 10.1. The number of rotatable bonds is 6. The van der Waals surface area contributed by atoms with Gasteiger partial charge in [0.1, 0.15) is 12.3 Å². The van der Waals surface area contributed by atoms with E-state index >= 15 is 0 Å². The molecule has 4 aromatic rings. The summed E-state index contributed by atoms with van der Waals surface area (Å²) < 4.78 is 11.9. The molecular formula is C25H26N4O5. The van der Waals surface area contributed by atoms with Gasteiger partial charge in [-0.25, -0.2) is 4.79 Å². The summed E-state index contributed by atoms with van der Waals surface area (Å²) >= 11 is 0. The molecule has 0 bridgehead atoms. The van der Waals surface area contributed by atoms with Crippen molar-refractivity contribution in [3.63, 3.8) is 0 Å². The van der Waals surface area contributed by atoms with Gasteiger partial charge >= 0.3 is 5.76 Å². The Morgan fingerprint density at radius 2 is 1.91 bits per heavy atom. The molecule has 1 saturated heterocycles. The fourth-order valence-electron chi connectivity index (χ4n) is 4.44. The number of piperidine rings is 1. The summed E-state index contributed by atoms with van der Waals surface area (Å²) in [5, 5.41) is 3.83. The second-order valence-corrected chi connectivity index (χ2v) is 8.55. The lowest BCUT2D eigenvalue weighted by Gasteiger charge is -2.26. The third-order valence-corrected chi connectivity index (χ3v) is 6.19. The number of nitrogens with zero attached hydrogens (tertiary/aromatic N) is 2. The molecule has 1 aliphatic rings. The molecule has 2 amide bonds. The van der Waals surface area contributed by atoms with Gasteiger partial charge in [-0.3, -0.25) is 14.2 Å². The summed E-state index contributed by atoms with van der Waals surface area (Å²) in [5.41, 5.74) is 3.07. The molecule has 2 N–H and O–H groups in total. The van der Waals surface area contributed by atoms with Crippen molar-refractivity contribution in [3.05, 3.63) is 58.7 Å². The van der Waals surface area contributed by atoms with E-state index in [2.05, 4.69) is 10.3 Å². The molecule has 0 saturated carbocycles. The van der Waals surface area contributed by atoms with Crippen molar-refractivity contribution in [2.24, 2.45) is 0 Å². The highest BCUT2D eigenvalue weighted by Crippen LogP contribution is 2.23. The van der Waals surface area contributed by atoms with Crippen LogP contribution in [0, 0.1) is 0 Å². The van der Waals surface area contributed by atoms with E-state index in [1.165, 1.54) is 4.57 Å². The molecule has 0 atom stereocenters. The average Bonchev–Trinajstić information content (AvgIpc) is 3.38.